The van der Waals surface area contributed by atoms with Crippen LogP contribution in [0.25, 0.3) is 0 Å². The van der Waals surface area contributed by atoms with E-state index in [1.165, 1.54) is 9.80 Å². The Morgan fingerprint density at radius 2 is 1.90 bits per heavy atom. The summed E-state index contributed by atoms with van der Waals surface area (Å²) >= 11 is 5.94. The number of aliphatic imine (C=N–C) groups is 1. The van der Waals surface area contributed by atoms with Crippen LogP contribution in [0.5, 0.6) is 0 Å². The molecule has 2 unspecified atom stereocenters. The largest absolute Gasteiger partial charge is 0.394 e. The monoisotopic (exact) mass is 433 g/mol. The first-order valence-electron chi connectivity index (χ1n) is 9.75. The van der Waals surface area contributed by atoms with Gasteiger partial charge in [0.15, 0.2) is 12.2 Å². The highest BCUT2D eigenvalue weighted by molar-refractivity contribution is 6.30. The van der Waals surface area contributed by atoms with Crippen molar-refractivity contribution in [3.8, 4) is 0 Å². The van der Waals surface area contributed by atoms with Crippen LogP contribution >= 0.6 is 11.6 Å². The second-order valence-corrected chi connectivity index (χ2v) is 7.83. The zero-order chi connectivity index (χ0) is 21.4. The molecule has 3 aliphatic rings. The maximum Gasteiger partial charge on any atom is 0.328 e. The molecule has 1 saturated heterocycles. The highest BCUT2D eigenvalue weighted by Crippen LogP contribution is 2.34. The van der Waals surface area contributed by atoms with Gasteiger partial charge in [0.1, 0.15) is 0 Å². The van der Waals surface area contributed by atoms with Crippen LogP contribution in [0.15, 0.2) is 41.2 Å². The van der Waals surface area contributed by atoms with Crippen LogP contribution in [-0.4, -0.2) is 88.2 Å². The third-order valence-electron chi connectivity index (χ3n) is 5.45. The number of benzene rings is 1. The van der Waals surface area contributed by atoms with E-state index < -0.39 is 12.2 Å². The van der Waals surface area contributed by atoms with Gasteiger partial charge in [-0.25, -0.2) is 9.79 Å². The molecule has 0 radical (unpaired) electrons. The topological polar surface area (TPSA) is 88.9 Å². The number of guanidine groups is 1. The molecule has 1 aromatic carbocycles. The maximum atomic E-state index is 13.3. The summed E-state index contributed by atoms with van der Waals surface area (Å²) < 4.78 is 5.37. The number of nitrogens with zero attached hydrogens (tertiary/aromatic N) is 5. The number of hydrogen-bond donors (Lipinski definition) is 1. The van der Waals surface area contributed by atoms with Crippen LogP contribution in [0, 0.1) is 0 Å². The molecule has 10 heteroatoms. The van der Waals surface area contributed by atoms with E-state index in [-0.39, 0.29) is 31.7 Å². The zero-order valence-corrected chi connectivity index (χ0v) is 17.6. The predicted molar refractivity (Wildman–Crippen MR) is 110 cm³/mol. The van der Waals surface area contributed by atoms with Crippen molar-refractivity contribution in [2.45, 2.75) is 25.7 Å². The molecule has 9 nitrogen and oxygen atoms in total. The number of carbonyl (C=O) groups is 2. The van der Waals surface area contributed by atoms with Gasteiger partial charge in [0.25, 0.3) is 5.91 Å². The van der Waals surface area contributed by atoms with Gasteiger partial charge in [0.2, 0.25) is 5.96 Å². The number of aliphatic hydroxyl groups is 1. The zero-order valence-electron chi connectivity index (χ0n) is 16.9. The molecule has 1 fully saturated rings. The third-order valence-corrected chi connectivity index (χ3v) is 5.70. The van der Waals surface area contributed by atoms with Gasteiger partial charge in [0.05, 0.1) is 26.4 Å². The number of urea groups is 1. The molecule has 0 bridgehead atoms. The van der Waals surface area contributed by atoms with Crippen molar-refractivity contribution in [3.63, 3.8) is 0 Å². The van der Waals surface area contributed by atoms with Gasteiger partial charge in [0, 0.05) is 30.5 Å². The lowest BCUT2D eigenvalue weighted by molar-refractivity contribution is -0.137. The molecule has 3 heterocycles. The van der Waals surface area contributed by atoms with Gasteiger partial charge in [-0.05, 0) is 24.6 Å². The fraction of sp³-hybridized carbons (Fsp3) is 0.450. The van der Waals surface area contributed by atoms with Crippen molar-refractivity contribution in [1.29, 1.82) is 0 Å². The number of carbonyl (C=O) groups excluding carboxylic acids is 2. The molecule has 1 aromatic rings. The van der Waals surface area contributed by atoms with E-state index in [1.54, 1.807) is 31.3 Å². The van der Waals surface area contributed by atoms with Crippen LogP contribution < -0.4 is 0 Å². The first kappa shape index (κ1) is 20.6. The molecule has 0 aliphatic carbocycles. The van der Waals surface area contributed by atoms with Crippen LogP contribution in [0.4, 0.5) is 4.79 Å². The molecule has 1 N–H and O–H groups in total. The summed E-state index contributed by atoms with van der Waals surface area (Å²) in [5.74, 6) is 0.357. The lowest BCUT2D eigenvalue weighted by atomic mass is 10.1. The summed E-state index contributed by atoms with van der Waals surface area (Å²) in [5, 5.41) is 9.46. The van der Waals surface area contributed by atoms with Crippen molar-refractivity contribution in [3.05, 3.63) is 46.7 Å². The van der Waals surface area contributed by atoms with Crippen molar-refractivity contribution >= 4 is 29.5 Å². The summed E-state index contributed by atoms with van der Waals surface area (Å²) in [4.78, 5) is 37.5. The number of allylic oxidation sites excluding steroid dienone is 1. The Morgan fingerprint density at radius 3 is 2.60 bits per heavy atom. The number of rotatable bonds is 7. The number of imide groups is 1. The van der Waals surface area contributed by atoms with E-state index in [4.69, 9.17) is 21.4 Å². The smallest absolute Gasteiger partial charge is 0.328 e. The first-order chi connectivity index (χ1) is 14.4. The highest BCUT2D eigenvalue weighted by atomic mass is 35.5. The Balaban J connectivity index is 1.53. The van der Waals surface area contributed by atoms with Gasteiger partial charge < -0.3 is 24.5 Å². The van der Waals surface area contributed by atoms with Gasteiger partial charge in [-0.3, -0.25) is 9.69 Å². The Bertz CT molecular complexity index is 903. The lowest BCUT2D eigenvalue weighted by Gasteiger charge is -2.40. The second kappa shape index (κ2) is 8.25. The van der Waals surface area contributed by atoms with E-state index in [1.807, 2.05) is 22.9 Å². The number of aliphatic hydroxyl groups excluding tert-OH is 1. The van der Waals surface area contributed by atoms with E-state index in [2.05, 4.69) is 4.99 Å². The molecule has 4 rings (SSSR count). The quantitative estimate of drug-likeness (QED) is 0.652. The number of amides is 3. The Kier molecular flexibility index (Phi) is 5.68. The van der Waals surface area contributed by atoms with Crippen molar-refractivity contribution in [1.82, 2.24) is 19.6 Å². The SMILES string of the molecule is CC1=CN2C(=NC3C2C(=O)N(Cc2ccc(Cl)cc2)C(=O)N3C)N1CCOCCO. The molecular formula is C20H24ClN5O4. The Morgan fingerprint density at radius 1 is 1.17 bits per heavy atom. The molecule has 3 aliphatic heterocycles. The fourth-order valence-corrected chi connectivity index (χ4v) is 4.04. The maximum absolute atomic E-state index is 13.3. The normalized spacial score (nSPS) is 23.1. The molecule has 3 amide bonds. The third kappa shape index (κ3) is 3.53. The van der Waals surface area contributed by atoms with E-state index >= 15 is 0 Å². The lowest BCUT2D eigenvalue weighted by Crippen LogP contribution is -2.63. The Hall–Kier alpha value is -2.62. The second-order valence-electron chi connectivity index (χ2n) is 7.40. The minimum atomic E-state index is -0.603. The van der Waals surface area contributed by atoms with Gasteiger partial charge >= 0.3 is 6.03 Å². The highest BCUT2D eigenvalue weighted by Gasteiger charge is 2.54. The summed E-state index contributed by atoms with van der Waals surface area (Å²) in [6.07, 6.45) is 1.31. The summed E-state index contributed by atoms with van der Waals surface area (Å²) in [7, 11) is 1.67. The number of fused-ring (bicyclic) bond motifs is 3. The van der Waals surface area contributed by atoms with Crippen molar-refractivity contribution in [2.24, 2.45) is 4.99 Å². The molecule has 30 heavy (non-hydrogen) atoms. The fourth-order valence-electron chi connectivity index (χ4n) is 3.92. The number of halogens is 1. The first-order valence-corrected chi connectivity index (χ1v) is 10.1. The van der Waals surface area contributed by atoms with E-state index in [0.717, 1.165) is 11.3 Å². The standard InChI is InChI=1S/C20H24ClN5O4/c1-13-11-25-16-17(22-19(25)24(13)7-9-30-10-8-27)23(2)20(29)26(18(16)28)12-14-3-5-15(21)6-4-14/h3-6,11,16-17,27H,7-10,12H2,1-2H3. The molecule has 0 spiro atoms. The summed E-state index contributed by atoms with van der Waals surface area (Å²) in [6.45, 7) is 3.31. The molecule has 2 atom stereocenters. The van der Waals surface area contributed by atoms with Crippen molar-refractivity contribution < 1.29 is 19.4 Å². The molecule has 0 aromatic heterocycles. The average molecular weight is 434 g/mol. The molecule has 160 valence electrons. The van der Waals surface area contributed by atoms with Gasteiger partial charge in [-0.15, -0.1) is 0 Å². The summed E-state index contributed by atoms with van der Waals surface area (Å²) in [6, 6.07) is 6.11. The average Bonchev–Trinajstić information content (AvgIpc) is 3.24. The van der Waals surface area contributed by atoms with Crippen molar-refractivity contribution in [2.75, 3.05) is 33.4 Å². The number of hydrogen-bond acceptors (Lipinski definition) is 7. The van der Waals surface area contributed by atoms with Gasteiger partial charge in [-0.1, -0.05) is 23.7 Å². The van der Waals surface area contributed by atoms with Crippen LogP contribution in [0.3, 0.4) is 0 Å². The summed E-state index contributed by atoms with van der Waals surface area (Å²) in [5.41, 5.74) is 1.76. The Labute approximate surface area is 179 Å². The number of ether oxygens (including phenoxy) is 1. The predicted octanol–water partition coefficient (Wildman–Crippen LogP) is 1.29. The van der Waals surface area contributed by atoms with Crippen LogP contribution in [0.1, 0.15) is 12.5 Å². The van der Waals surface area contributed by atoms with E-state index in [9.17, 15) is 9.59 Å². The minimum Gasteiger partial charge on any atom is -0.394 e. The minimum absolute atomic E-state index is 0.0308. The number of likely N-dealkylation sites (N-methyl/N-ethyl adjacent to an activating group) is 1. The van der Waals surface area contributed by atoms with Crippen LogP contribution in [0.2, 0.25) is 5.02 Å². The van der Waals surface area contributed by atoms with Crippen LogP contribution in [-0.2, 0) is 16.1 Å². The molecule has 0 saturated carbocycles. The van der Waals surface area contributed by atoms with E-state index in [0.29, 0.717) is 24.1 Å². The van der Waals surface area contributed by atoms with Gasteiger partial charge in [-0.2, -0.15) is 0 Å². The molecular weight excluding hydrogens is 410 g/mol.